The Balaban J connectivity index is 1.51. The smallest absolute Gasteiger partial charge is 0.282 e. The van der Waals surface area contributed by atoms with Crippen molar-refractivity contribution >= 4 is 46.8 Å². The maximum atomic E-state index is 13.7. The van der Waals surface area contributed by atoms with Crippen molar-refractivity contribution in [1.82, 2.24) is 5.43 Å². The second kappa shape index (κ2) is 10.3. The normalized spacial score (nSPS) is 14.1. The summed E-state index contributed by atoms with van der Waals surface area (Å²) in [6, 6.07) is 17.4. The highest BCUT2D eigenvalue weighted by Crippen LogP contribution is 2.37. The first-order chi connectivity index (χ1) is 16.9. The molecule has 178 valence electrons. The van der Waals surface area contributed by atoms with Crippen LogP contribution in [0.3, 0.4) is 0 Å². The summed E-state index contributed by atoms with van der Waals surface area (Å²) in [5, 5.41) is 3.64. The number of halogens is 2. The highest BCUT2D eigenvalue weighted by atomic mass is 35.5. The zero-order valence-corrected chi connectivity index (χ0v) is 19.1. The molecule has 0 aromatic heterocycles. The molecule has 35 heavy (non-hydrogen) atoms. The highest BCUT2D eigenvalue weighted by Gasteiger charge is 2.34. The first kappa shape index (κ1) is 23.8. The van der Waals surface area contributed by atoms with Gasteiger partial charge in [0.15, 0.2) is 18.1 Å². The number of amides is 3. The van der Waals surface area contributed by atoms with Gasteiger partial charge in [-0.15, -0.1) is 0 Å². The van der Waals surface area contributed by atoms with E-state index >= 15 is 0 Å². The van der Waals surface area contributed by atoms with Gasteiger partial charge in [-0.25, -0.2) is 9.40 Å². The fraction of sp³-hybridized carbons (Fsp3) is 0.0800. The summed E-state index contributed by atoms with van der Waals surface area (Å²) in [6.07, 6.45) is 1.38. The van der Waals surface area contributed by atoms with E-state index in [0.717, 1.165) is 5.01 Å². The topological polar surface area (TPSA) is 97.0 Å². The van der Waals surface area contributed by atoms with Crippen LogP contribution in [-0.4, -0.2) is 31.4 Å². The van der Waals surface area contributed by atoms with E-state index in [9.17, 15) is 18.8 Å². The van der Waals surface area contributed by atoms with Gasteiger partial charge in [0.2, 0.25) is 0 Å². The molecule has 1 saturated heterocycles. The van der Waals surface area contributed by atoms with Gasteiger partial charge in [0.25, 0.3) is 17.7 Å². The van der Waals surface area contributed by atoms with Crippen molar-refractivity contribution < 1.29 is 28.2 Å². The minimum atomic E-state index is -0.603. The Kier molecular flexibility index (Phi) is 6.98. The van der Waals surface area contributed by atoms with Crippen LogP contribution in [-0.2, 0) is 14.4 Å². The molecule has 0 unspecified atom stereocenters. The van der Waals surface area contributed by atoms with Crippen LogP contribution in [0, 0.1) is 5.82 Å². The number of benzene rings is 3. The monoisotopic (exact) mass is 495 g/mol. The number of methoxy groups -OCH3 is 1. The van der Waals surface area contributed by atoms with Gasteiger partial charge in [-0.2, -0.15) is 0 Å². The standard InChI is InChI=1S/C25H19ClFN3O5/c1-34-21-13-15(11-17-24(32)29-30(25(17)33)16-7-3-2-4-8-16)12-18(26)23(21)35-14-22(31)28-20-10-6-5-9-19(20)27/h2-13H,14H2,1H3,(H,28,31)(H,29,32)/b17-11-. The Bertz CT molecular complexity index is 1330. The number of hydrogen-bond donors (Lipinski definition) is 2. The van der Waals surface area contributed by atoms with E-state index in [-0.39, 0.29) is 27.8 Å². The largest absolute Gasteiger partial charge is 0.493 e. The van der Waals surface area contributed by atoms with Crippen molar-refractivity contribution in [2.45, 2.75) is 0 Å². The molecule has 1 aliphatic rings. The predicted molar refractivity (Wildman–Crippen MR) is 129 cm³/mol. The van der Waals surface area contributed by atoms with Crippen LogP contribution in [0.15, 0.2) is 72.3 Å². The van der Waals surface area contributed by atoms with Crippen LogP contribution in [0.2, 0.25) is 5.02 Å². The Morgan fingerprint density at radius 1 is 1.11 bits per heavy atom. The highest BCUT2D eigenvalue weighted by molar-refractivity contribution is 6.33. The van der Waals surface area contributed by atoms with E-state index in [0.29, 0.717) is 11.3 Å². The molecule has 1 aliphatic heterocycles. The van der Waals surface area contributed by atoms with Gasteiger partial charge in [0.1, 0.15) is 11.4 Å². The zero-order chi connectivity index (χ0) is 24.9. The first-order valence-electron chi connectivity index (χ1n) is 10.3. The molecule has 10 heteroatoms. The first-order valence-corrected chi connectivity index (χ1v) is 10.7. The maximum Gasteiger partial charge on any atom is 0.282 e. The quantitative estimate of drug-likeness (QED) is 0.382. The molecule has 3 aromatic rings. The van der Waals surface area contributed by atoms with Crippen molar-refractivity contribution in [2.75, 3.05) is 24.0 Å². The molecule has 0 atom stereocenters. The van der Waals surface area contributed by atoms with Gasteiger partial charge < -0.3 is 14.8 Å². The lowest BCUT2D eigenvalue weighted by molar-refractivity contribution is -0.118. The third-order valence-corrected chi connectivity index (χ3v) is 5.24. The molecule has 0 saturated carbocycles. The molecule has 1 fully saturated rings. The van der Waals surface area contributed by atoms with Gasteiger partial charge in [-0.05, 0) is 48.0 Å². The number of hydrazine groups is 1. The molecule has 0 aliphatic carbocycles. The van der Waals surface area contributed by atoms with E-state index in [1.54, 1.807) is 36.4 Å². The number of nitrogens with zero attached hydrogens (tertiary/aromatic N) is 1. The average molecular weight is 496 g/mol. The number of para-hydroxylation sites is 2. The predicted octanol–water partition coefficient (Wildman–Crippen LogP) is 3.97. The fourth-order valence-corrected chi connectivity index (χ4v) is 3.61. The number of hydrogen-bond acceptors (Lipinski definition) is 5. The molecule has 0 spiro atoms. The van der Waals surface area contributed by atoms with E-state index in [4.69, 9.17) is 21.1 Å². The Morgan fingerprint density at radius 3 is 2.54 bits per heavy atom. The van der Waals surface area contributed by atoms with E-state index in [1.807, 2.05) is 0 Å². The zero-order valence-electron chi connectivity index (χ0n) is 18.4. The van der Waals surface area contributed by atoms with Crippen LogP contribution in [0.5, 0.6) is 11.5 Å². The Labute approximate surface area is 204 Å². The van der Waals surface area contributed by atoms with Crippen LogP contribution in [0.25, 0.3) is 6.08 Å². The summed E-state index contributed by atoms with van der Waals surface area (Å²) in [7, 11) is 1.37. The molecule has 1 heterocycles. The van der Waals surface area contributed by atoms with Crippen molar-refractivity contribution in [2.24, 2.45) is 0 Å². The summed E-state index contributed by atoms with van der Waals surface area (Å²) in [5.41, 5.74) is 3.37. The van der Waals surface area contributed by atoms with Crippen molar-refractivity contribution in [3.63, 3.8) is 0 Å². The fourth-order valence-electron chi connectivity index (χ4n) is 3.33. The van der Waals surface area contributed by atoms with Crippen LogP contribution in [0.1, 0.15) is 5.56 Å². The van der Waals surface area contributed by atoms with Crippen LogP contribution < -0.4 is 25.2 Å². The van der Waals surface area contributed by atoms with E-state index in [1.165, 1.54) is 43.5 Å². The second-order valence-corrected chi connectivity index (χ2v) is 7.73. The molecule has 0 radical (unpaired) electrons. The van der Waals surface area contributed by atoms with E-state index < -0.39 is 30.1 Å². The summed E-state index contributed by atoms with van der Waals surface area (Å²) >= 11 is 6.34. The summed E-state index contributed by atoms with van der Waals surface area (Å²) in [5.74, 6) is -2.03. The lowest BCUT2D eigenvalue weighted by Crippen LogP contribution is -2.35. The molecule has 2 N–H and O–H groups in total. The Morgan fingerprint density at radius 2 is 1.83 bits per heavy atom. The number of ether oxygens (including phenoxy) is 2. The van der Waals surface area contributed by atoms with Crippen LogP contribution in [0.4, 0.5) is 15.8 Å². The van der Waals surface area contributed by atoms with Crippen LogP contribution >= 0.6 is 11.6 Å². The summed E-state index contributed by atoms with van der Waals surface area (Å²) < 4.78 is 24.6. The van der Waals surface area contributed by atoms with Gasteiger partial charge in [0.05, 0.1) is 23.5 Å². The average Bonchev–Trinajstić information content (AvgIpc) is 3.13. The molecule has 4 rings (SSSR count). The van der Waals surface area contributed by atoms with Gasteiger partial charge in [-0.3, -0.25) is 19.8 Å². The molecule has 3 aromatic carbocycles. The SMILES string of the molecule is COc1cc(/C=C2/C(=O)NN(c3ccccc3)C2=O)cc(Cl)c1OCC(=O)Nc1ccccc1F. The lowest BCUT2D eigenvalue weighted by atomic mass is 10.1. The molecular weight excluding hydrogens is 477 g/mol. The van der Waals surface area contributed by atoms with E-state index in [2.05, 4.69) is 10.7 Å². The van der Waals surface area contributed by atoms with Crippen molar-refractivity contribution in [3.8, 4) is 11.5 Å². The molecule has 3 amide bonds. The third-order valence-electron chi connectivity index (χ3n) is 4.96. The minimum Gasteiger partial charge on any atom is -0.493 e. The number of anilines is 2. The maximum absolute atomic E-state index is 13.7. The number of rotatable bonds is 7. The molecule has 0 bridgehead atoms. The minimum absolute atomic E-state index is 0.0187. The second-order valence-electron chi connectivity index (χ2n) is 7.33. The molecular formula is C25H19ClFN3O5. The third kappa shape index (κ3) is 5.25. The number of carbonyl (C=O) groups excluding carboxylic acids is 3. The molecule has 8 nitrogen and oxygen atoms in total. The summed E-state index contributed by atoms with van der Waals surface area (Å²) in [6.45, 7) is -0.461. The lowest BCUT2D eigenvalue weighted by Gasteiger charge is -2.14. The number of carbonyl (C=O) groups is 3. The van der Waals surface area contributed by atoms with Gasteiger partial charge in [0, 0.05) is 0 Å². The summed E-state index contributed by atoms with van der Waals surface area (Å²) in [4.78, 5) is 37.4. The van der Waals surface area contributed by atoms with Gasteiger partial charge >= 0.3 is 0 Å². The van der Waals surface area contributed by atoms with Gasteiger partial charge in [-0.1, -0.05) is 41.9 Å². The van der Waals surface area contributed by atoms with Crippen molar-refractivity contribution in [3.05, 3.63) is 88.7 Å². The number of nitrogens with one attached hydrogen (secondary N) is 2. The Hall–Kier alpha value is -4.37. The van der Waals surface area contributed by atoms with Crippen molar-refractivity contribution in [1.29, 1.82) is 0 Å².